The van der Waals surface area contributed by atoms with Crippen molar-refractivity contribution in [3.8, 4) is 0 Å². The first-order chi connectivity index (χ1) is 8.75. The molecule has 1 N–H and O–H groups in total. The van der Waals surface area contributed by atoms with Crippen molar-refractivity contribution in [2.24, 2.45) is 11.8 Å². The predicted octanol–water partition coefficient (Wildman–Crippen LogP) is 2.03. The van der Waals surface area contributed by atoms with Gasteiger partial charge in [0.1, 0.15) is 9.77 Å². The fourth-order valence-corrected chi connectivity index (χ4v) is 5.53. The average Bonchev–Trinajstić information content (AvgIpc) is 2.84. The highest BCUT2D eigenvalue weighted by molar-refractivity contribution is 7.89. The van der Waals surface area contributed by atoms with Crippen molar-refractivity contribution in [1.29, 1.82) is 0 Å². The van der Waals surface area contributed by atoms with Crippen molar-refractivity contribution in [3.05, 3.63) is 15.8 Å². The maximum Gasteiger partial charge on any atom is 0.347 e. The van der Waals surface area contributed by atoms with E-state index in [4.69, 9.17) is 5.11 Å². The van der Waals surface area contributed by atoms with Crippen molar-refractivity contribution in [2.75, 3.05) is 13.1 Å². The van der Waals surface area contributed by atoms with E-state index < -0.39 is 16.0 Å². The Hall–Kier alpha value is -0.920. The molecule has 1 saturated heterocycles. The van der Waals surface area contributed by atoms with Crippen LogP contribution in [0.25, 0.3) is 0 Å². The van der Waals surface area contributed by atoms with Crippen LogP contribution in [0.5, 0.6) is 0 Å². The third kappa shape index (κ3) is 2.42. The summed E-state index contributed by atoms with van der Waals surface area (Å²) in [6, 6.07) is 0. The molecule has 0 bridgehead atoms. The third-order valence-corrected chi connectivity index (χ3v) is 6.90. The summed E-state index contributed by atoms with van der Waals surface area (Å²) in [5.41, 5.74) is 0.509. The summed E-state index contributed by atoms with van der Waals surface area (Å²) in [7, 11) is -3.70. The molecule has 19 heavy (non-hydrogen) atoms. The second-order valence-electron chi connectivity index (χ2n) is 5.16. The first-order valence-corrected chi connectivity index (χ1v) is 8.38. The fraction of sp³-hybridized carbons (Fsp3) is 0.583. The summed E-state index contributed by atoms with van der Waals surface area (Å²) in [4.78, 5) is 11.0. The fourth-order valence-electron chi connectivity index (χ4n) is 2.30. The first-order valence-electron chi connectivity index (χ1n) is 6.06. The number of thiophene rings is 1. The molecule has 5 nitrogen and oxygen atoms in total. The van der Waals surface area contributed by atoms with Crippen molar-refractivity contribution >= 4 is 27.3 Å². The van der Waals surface area contributed by atoms with E-state index in [1.165, 1.54) is 4.31 Å². The molecule has 7 heteroatoms. The summed E-state index contributed by atoms with van der Waals surface area (Å²) >= 11 is 0.966. The zero-order valence-corrected chi connectivity index (χ0v) is 12.7. The summed E-state index contributed by atoms with van der Waals surface area (Å²) in [5.74, 6) is -0.596. The van der Waals surface area contributed by atoms with Crippen LogP contribution < -0.4 is 0 Å². The molecule has 0 saturated carbocycles. The molecule has 0 amide bonds. The van der Waals surface area contributed by atoms with E-state index in [9.17, 15) is 13.2 Å². The van der Waals surface area contributed by atoms with E-state index in [0.717, 1.165) is 11.3 Å². The molecule has 106 valence electrons. The van der Waals surface area contributed by atoms with Crippen molar-refractivity contribution in [2.45, 2.75) is 25.7 Å². The zero-order valence-electron chi connectivity index (χ0n) is 11.1. The summed E-state index contributed by atoms with van der Waals surface area (Å²) in [6.45, 7) is 6.58. The Balaban J connectivity index is 2.46. The monoisotopic (exact) mass is 303 g/mol. The standard InChI is InChI=1S/C12H17NO4S2/c1-7-4-13(5-8(7)2)19(16,17)11-9(3)6-18-10(11)12(14)15/h6-8H,4-5H2,1-3H3,(H,14,15). The van der Waals surface area contributed by atoms with E-state index in [1.54, 1.807) is 12.3 Å². The van der Waals surface area contributed by atoms with Gasteiger partial charge in [-0.1, -0.05) is 13.8 Å². The van der Waals surface area contributed by atoms with Crippen molar-refractivity contribution < 1.29 is 18.3 Å². The van der Waals surface area contributed by atoms with Gasteiger partial charge in [-0.2, -0.15) is 4.31 Å². The number of aromatic carboxylic acids is 1. The second-order valence-corrected chi connectivity index (χ2v) is 7.91. The Morgan fingerprint density at radius 2 is 1.89 bits per heavy atom. The van der Waals surface area contributed by atoms with Gasteiger partial charge in [0, 0.05) is 13.1 Å². The topological polar surface area (TPSA) is 74.7 Å². The van der Waals surface area contributed by atoms with Crippen LogP contribution in [0.3, 0.4) is 0 Å². The lowest BCUT2D eigenvalue weighted by molar-refractivity contribution is 0.0698. The number of nitrogens with zero attached hydrogens (tertiary/aromatic N) is 1. The highest BCUT2D eigenvalue weighted by Crippen LogP contribution is 2.33. The molecule has 2 unspecified atom stereocenters. The van der Waals surface area contributed by atoms with Gasteiger partial charge in [-0.05, 0) is 29.7 Å². The minimum atomic E-state index is -3.70. The summed E-state index contributed by atoms with van der Waals surface area (Å²) in [5, 5.41) is 10.7. The van der Waals surface area contributed by atoms with Gasteiger partial charge in [0.15, 0.2) is 0 Å². The van der Waals surface area contributed by atoms with Gasteiger partial charge < -0.3 is 5.11 Å². The van der Waals surface area contributed by atoms with Gasteiger partial charge in [-0.25, -0.2) is 13.2 Å². The number of hydrogen-bond acceptors (Lipinski definition) is 4. The van der Waals surface area contributed by atoms with E-state index in [2.05, 4.69) is 0 Å². The Labute approximate surface area is 116 Å². The van der Waals surface area contributed by atoms with E-state index in [1.807, 2.05) is 13.8 Å². The van der Waals surface area contributed by atoms with Crippen LogP contribution in [0.15, 0.2) is 10.3 Å². The molecule has 1 aromatic rings. The quantitative estimate of drug-likeness (QED) is 0.927. The number of rotatable bonds is 3. The van der Waals surface area contributed by atoms with Gasteiger partial charge in [0.05, 0.1) is 0 Å². The SMILES string of the molecule is Cc1csc(C(=O)O)c1S(=O)(=O)N1CC(C)C(C)C1. The molecule has 2 atom stereocenters. The van der Waals surface area contributed by atoms with Crippen molar-refractivity contribution in [3.63, 3.8) is 0 Å². The van der Waals surface area contributed by atoms with Crippen LogP contribution >= 0.6 is 11.3 Å². The molecule has 2 rings (SSSR count). The Bertz CT molecular complexity index is 595. The number of carboxylic acids is 1. The molecule has 1 fully saturated rings. The average molecular weight is 303 g/mol. The van der Waals surface area contributed by atoms with E-state index >= 15 is 0 Å². The normalized spacial score (nSPS) is 24.8. The van der Waals surface area contributed by atoms with Crippen molar-refractivity contribution in [1.82, 2.24) is 4.31 Å². The van der Waals surface area contributed by atoms with Gasteiger partial charge in [-0.3, -0.25) is 0 Å². The number of aryl methyl sites for hydroxylation is 1. The molecular formula is C12H17NO4S2. The molecule has 0 radical (unpaired) electrons. The van der Waals surface area contributed by atoms with Gasteiger partial charge in [-0.15, -0.1) is 11.3 Å². The molecule has 1 aliphatic rings. The minimum absolute atomic E-state index is 0.0358. The van der Waals surface area contributed by atoms with Crippen LogP contribution in [-0.2, 0) is 10.0 Å². The number of hydrogen-bond donors (Lipinski definition) is 1. The maximum absolute atomic E-state index is 12.6. The number of carbonyl (C=O) groups is 1. The molecular weight excluding hydrogens is 286 g/mol. The van der Waals surface area contributed by atoms with Gasteiger partial charge in [0.2, 0.25) is 10.0 Å². The Kier molecular flexibility index (Phi) is 3.72. The van der Waals surface area contributed by atoms with Crippen LogP contribution in [-0.4, -0.2) is 36.9 Å². The van der Waals surface area contributed by atoms with Crippen LogP contribution in [0.2, 0.25) is 0 Å². The Morgan fingerprint density at radius 1 is 1.37 bits per heavy atom. The lowest BCUT2D eigenvalue weighted by Gasteiger charge is -2.16. The molecule has 0 aromatic carbocycles. The second kappa shape index (κ2) is 4.88. The highest BCUT2D eigenvalue weighted by Gasteiger charge is 2.38. The lowest BCUT2D eigenvalue weighted by Crippen LogP contribution is -2.30. The van der Waals surface area contributed by atoms with Gasteiger partial charge in [0.25, 0.3) is 0 Å². The molecule has 1 aromatic heterocycles. The van der Waals surface area contributed by atoms with Gasteiger partial charge >= 0.3 is 5.97 Å². The summed E-state index contributed by atoms with van der Waals surface area (Å²) in [6.07, 6.45) is 0. The lowest BCUT2D eigenvalue weighted by atomic mass is 10.0. The molecule has 1 aliphatic heterocycles. The maximum atomic E-state index is 12.6. The highest BCUT2D eigenvalue weighted by atomic mass is 32.2. The third-order valence-electron chi connectivity index (χ3n) is 3.66. The predicted molar refractivity (Wildman–Crippen MR) is 73.1 cm³/mol. The number of carboxylic acid groups (broad SMARTS) is 1. The Morgan fingerprint density at radius 3 is 2.37 bits per heavy atom. The largest absolute Gasteiger partial charge is 0.477 e. The van der Waals surface area contributed by atoms with Crippen LogP contribution in [0.1, 0.15) is 29.1 Å². The van der Waals surface area contributed by atoms with Crippen LogP contribution in [0, 0.1) is 18.8 Å². The molecule has 0 aliphatic carbocycles. The molecule has 2 heterocycles. The summed E-state index contributed by atoms with van der Waals surface area (Å²) < 4.78 is 26.6. The number of sulfonamides is 1. The van der Waals surface area contributed by atoms with E-state index in [-0.39, 0.29) is 9.77 Å². The van der Waals surface area contributed by atoms with E-state index in [0.29, 0.717) is 30.5 Å². The minimum Gasteiger partial charge on any atom is -0.477 e. The zero-order chi connectivity index (χ0) is 14.4. The first kappa shape index (κ1) is 14.5. The molecule has 0 spiro atoms. The van der Waals surface area contributed by atoms with Crippen LogP contribution in [0.4, 0.5) is 0 Å². The smallest absolute Gasteiger partial charge is 0.347 e.